The minimum Gasteiger partial charge on any atom is -0.507 e. The zero-order chi connectivity index (χ0) is 14.7. The molecule has 20 heavy (non-hydrogen) atoms. The lowest BCUT2D eigenvalue weighted by Gasteiger charge is -2.11. The maximum atomic E-state index is 10.9. The monoisotopic (exact) mass is 274 g/mol. The Morgan fingerprint density at radius 3 is 2.35 bits per heavy atom. The minimum absolute atomic E-state index is 0.138. The number of phenols is 1. The van der Waals surface area contributed by atoms with Crippen LogP contribution >= 0.6 is 0 Å². The average Bonchev–Trinajstić information content (AvgIpc) is 2.46. The van der Waals surface area contributed by atoms with Gasteiger partial charge in [-0.05, 0) is 29.8 Å². The number of carbonyl (C=O) groups is 1. The number of hydrogen-bond donors (Lipinski definition) is 2. The molecule has 5 heteroatoms. The molecular formula is C15H14O5. The molecule has 0 saturated carbocycles. The molecule has 0 radical (unpaired) electrons. The van der Waals surface area contributed by atoms with E-state index >= 15 is 0 Å². The van der Waals surface area contributed by atoms with E-state index in [0.717, 1.165) is 5.56 Å². The molecule has 2 aromatic carbocycles. The van der Waals surface area contributed by atoms with E-state index in [2.05, 4.69) is 0 Å². The fourth-order valence-corrected chi connectivity index (χ4v) is 1.92. The van der Waals surface area contributed by atoms with Gasteiger partial charge in [0.2, 0.25) is 0 Å². The van der Waals surface area contributed by atoms with Crippen LogP contribution in [0.15, 0.2) is 36.4 Å². The van der Waals surface area contributed by atoms with Gasteiger partial charge < -0.3 is 19.7 Å². The van der Waals surface area contributed by atoms with Gasteiger partial charge in [-0.2, -0.15) is 0 Å². The lowest BCUT2D eigenvalue weighted by Crippen LogP contribution is -1.97. The van der Waals surface area contributed by atoms with Crippen LogP contribution in [0.3, 0.4) is 0 Å². The number of carboxylic acids is 1. The third-order valence-electron chi connectivity index (χ3n) is 2.95. The van der Waals surface area contributed by atoms with Gasteiger partial charge in [0.05, 0.1) is 14.2 Å². The van der Waals surface area contributed by atoms with Crippen LogP contribution in [-0.4, -0.2) is 30.4 Å². The Morgan fingerprint density at radius 1 is 1.05 bits per heavy atom. The number of methoxy groups -OCH3 is 2. The van der Waals surface area contributed by atoms with E-state index in [-0.39, 0.29) is 11.3 Å². The van der Waals surface area contributed by atoms with Crippen LogP contribution < -0.4 is 9.47 Å². The summed E-state index contributed by atoms with van der Waals surface area (Å²) in [5, 5.41) is 18.6. The third-order valence-corrected chi connectivity index (χ3v) is 2.95. The van der Waals surface area contributed by atoms with Gasteiger partial charge in [0.15, 0.2) is 0 Å². The van der Waals surface area contributed by atoms with Crippen molar-refractivity contribution in [3.63, 3.8) is 0 Å². The van der Waals surface area contributed by atoms with Crippen molar-refractivity contribution in [2.45, 2.75) is 0 Å². The molecule has 0 aliphatic heterocycles. The molecule has 0 amide bonds. The van der Waals surface area contributed by atoms with E-state index in [1.165, 1.54) is 19.2 Å². The molecule has 0 saturated heterocycles. The SMILES string of the molecule is COc1ccc(-c2ccc(C(=O)O)c(O)c2)c(OC)c1. The van der Waals surface area contributed by atoms with Gasteiger partial charge >= 0.3 is 5.97 Å². The van der Waals surface area contributed by atoms with Gasteiger partial charge in [-0.3, -0.25) is 0 Å². The molecule has 0 bridgehead atoms. The summed E-state index contributed by atoms with van der Waals surface area (Å²) in [4.78, 5) is 10.9. The zero-order valence-corrected chi connectivity index (χ0v) is 11.1. The molecule has 0 aromatic heterocycles. The van der Waals surface area contributed by atoms with Crippen LogP contribution in [0.25, 0.3) is 11.1 Å². The van der Waals surface area contributed by atoms with Gasteiger partial charge in [0.1, 0.15) is 22.8 Å². The first-order valence-corrected chi connectivity index (χ1v) is 5.85. The van der Waals surface area contributed by atoms with E-state index in [4.69, 9.17) is 14.6 Å². The summed E-state index contributed by atoms with van der Waals surface area (Å²) in [6.45, 7) is 0. The van der Waals surface area contributed by atoms with E-state index in [1.54, 1.807) is 31.4 Å². The highest BCUT2D eigenvalue weighted by Gasteiger charge is 2.13. The lowest BCUT2D eigenvalue weighted by atomic mass is 10.0. The second-order valence-corrected chi connectivity index (χ2v) is 4.10. The highest BCUT2D eigenvalue weighted by atomic mass is 16.5. The van der Waals surface area contributed by atoms with Gasteiger partial charge in [-0.15, -0.1) is 0 Å². The smallest absolute Gasteiger partial charge is 0.339 e. The van der Waals surface area contributed by atoms with Crippen molar-refractivity contribution in [2.24, 2.45) is 0 Å². The molecule has 2 N–H and O–H groups in total. The predicted molar refractivity (Wildman–Crippen MR) is 73.6 cm³/mol. The third kappa shape index (κ3) is 2.51. The number of rotatable bonds is 4. The van der Waals surface area contributed by atoms with Crippen molar-refractivity contribution >= 4 is 5.97 Å². The molecule has 0 aliphatic carbocycles. The molecule has 0 atom stereocenters. The van der Waals surface area contributed by atoms with Crippen LogP contribution in [0.2, 0.25) is 0 Å². The Bertz CT molecular complexity index is 649. The van der Waals surface area contributed by atoms with Crippen molar-refractivity contribution in [1.29, 1.82) is 0 Å². The number of carboxylic acid groups (broad SMARTS) is 1. The molecule has 2 rings (SSSR count). The van der Waals surface area contributed by atoms with E-state index in [1.807, 2.05) is 0 Å². The molecule has 0 aliphatic rings. The van der Waals surface area contributed by atoms with E-state index < -0.39 is 5.97 Å². The topological polar surface area (TPSA) is 76.0 Å². The van der Waals surface area contributed by atoms with E-state index in [0.29, 0.717) is 17.1 Å². The maximum absolute atomic E-state index is 10.9. The second kappa shape index (κ2) is 5.52. The predicted octanol–water partition coefficient (Wildman–Crippen LogP) is 2.77. The molecule has 0 unspecified atom stereocenters. The maximum Gasteiger partial charge on any atom is 0.339 e. The summed E-state index contributed by atoms with van der Waals surface area (Å²) in [6.07, 6.45) is 0. The van der Waals surface area contributed by atoms with Gasteiger partial charge in [-0.1, -0.05) is 6.07 Å². The first kappa shape index (κ1) is 13.7. The summed E-state index contributed by atoms with van der Waals surface area (Å²) in [6, 6.07) is 9.64. The Labute approximate surface area is 116 Å². The van der Waals surface area contributed by atoms with Crippen LogP contribution in [0.1, 0.15) is 10.4 Å². The Balaban J connectivity index is 2.51. The van der Waals surface area contributed by atoms with Crippen molar-refractivity contribution in [2.75, 3.05) is 14.2 Å². The van der Waals surface area contributed by atoms with Crippen molar-refractivity contribution in [3.8, 4) is 28.4 Å². The summed E-state index contributed by atoms with van der Waals surface area (Å²) in [5.74, 6) is -0.229. The summed E-state index contributed by atoms with van der Waals surface area (Å²) in [5.41, 5.74) is 1.26. The molecule has 0 heterocycles. The van der Waals surface area contributed by atoms with Crippen LogP contribution in [0, 0.1) is 0 Å². The quantitative estimate of drug-likeness (QED) is 0.896. The van der Waals surface area contributed by atoms with Crippen molar-refractivity contribution in [3.05, 3.63) is 42.0 Å². The fourth-order valence-electron chi connectivity index (χ4n) is 1.92. The van der Waals surface area contributed by atoms with Crippen LogP contribution in [0.5, 0.6) is 17.2 Å². The standard InChI is InChI=1S/C15H14O5/c1-19-10-4-6-11(14(8-10)20-2)9-3-5-12(15(17)18)13(16)7-9/h3-8,16H,1-2H3,(H,17,18). The minimum atomic E-state index is -1.17. The van der Waals surface area contributed by atoms with E-state index in [9.17, 15) is 9.90 Å². The van der Waals surface area contributed by atoms with Crippen molar-refractivity contribution < 1.29 is 24.5 Å². The molecule has 2 aromatic rings. The largest absolute Gasteiger partial charge is 0.507 e. The second-order valence-electron chi connectivity index (χ2n) is 4.10. The Hall–Kier alpha value is -2.69. The summed E-state index contributed by atoms with van der Waals surface area (Å²) in [7, 11) is 3.09. The van der Waals surface area contributed by atoms with Crippen LogP contribution in [-0.2, 0) is 0 Å². The number of ether oxygens (including phenoxy) is 2. The first-order valence-electron chi connectivity index (χ1n) is 5.85. The number of aromatic hydroxyl groups is 1. The van der Waals surface area contributed by atoms with Gasteiger partial charge in [0.25, 0.3) is 0 Å². The molecule has 0 fully saturated rings. The zero-order valence-electron chi connectivity index (χ0n) is 11.1. The lowest BCUT2D eigenvalue weighted by molar-refractivity contribution is 0.0694. The van der Waals surface area contributed by atoms with Gasteiger partial charge in [0, 0.05) is 11.6 Å². The van der Waals surface area contributed by atoms with Crippen LogP contribution in [0.4, 0.5) is 0 Å². The number of benzene rings is 2. The highest BCUT2D eigenvalue weighted by molar-refractivity contribution is 5.92. The number of hydrogen-bond acceptors (Lipinski definition) is 4. The number of aromatic carboxylic acids is 1. The molecular weight excluding hydrogens is 260 g/mol. The normalized spacial score (nSPS) is 10.1. The summed E-state index contributed by atoms with van der Waals surface area (Å²) >= 11 is 0. The molecule has 0 spiro atoms. The fraction of sp³-hybridized carbons (Fsp3) is 0.133. The summed E-state index contributed by atoms with van der Waals surface area (Å²) < 4.78 is 10.4. The highest BCUT2D eigenvalue weighted by Crippen LogP contribution is 2.35. The Kier molecular flexibility index (Phi) is 3.79. The Morgan fingerprint density at radius 2 is 1.80 bits per heavy atom. The molecule has 104 valence electrons. The molecule has 5 nitrogen and oxygen atoms in total. The van der Waals surface area contributed by atoms with Crippen molar-refractivity contribution in [1.82, 2.24) is 0 Å². The average molecular weight is 274 g/mol. The first-order chi connectivity index (χ1) is 9.56. The van der Waals surface area contributed by atoms with Gasteiger partial charge in [-0.25, -0.2) is 4.79 Å².